The Morgan fingerprint density at radius 2 is 1.79 bits per heavy atom. The molecule has 0 aliphatic carbocycles. The van der Waals surface area contributed by atoms with Gasteiger partial charge >= 0.3 is 0 Å². The van der Waals surface area contributed by atoms with Crippen LogP contribution in [0.25, 0.3) is 0 Å². The molecule has 0 aliphatic rings. The highest BCUT2D eigenvalue weighted by Crippen LogP contribution is 2.10. The van der Waals surface area contributed by atoms with Crippen molar-refractivity contribution in [2.24, 2.45) is 5.73 Å². The van der Waals surface area contributed by atoms with E-state index >= 15 is 0 Å². The highest BCUT2D eigenvalue weighted by molar-refractivity contribution is 5.81. The number of aryl methyl sites for hydroxylation is 1. The van der Waals surface area contributed by atoms with Crippen molar-refractivity contribution in [3.8, 4) is 0 Å². The van der Waals surface area contributed by atoms with E-state index in [2.05, 4.69) is 26.0 Å². The first-order valence-corrected chi connectivity index (χ1v) is 7.16. The molecule has 0 heterocycles. The lowest BCUT2D eigenvalue weighted by Crippen LogP contribution is -2.46. The second-order valence-corrected chi connectivity index (χ2v) is 5.05. The van der Waals surface area contributed by atoms with Crippen LogP contribution in [0.15, 0.2) is 30.3 Å². The molecule has 0 spiro atoms. The minimum atomic E-state index is -0.397. The normalized spacial score (nSPS) is 12.5. The van der Waals surface area contributed by atoms with Gasteiger partial charge in [0.05, 0.1) is 6.04 Å². The van der Waals surface area contributed by atoms with Gasteiger partial charge < -0.3 is 10.6 Å². The molecule has 3 nitrogen and oxygen atoms in total. The largest absolute Gasteiger partial charge is 0.341 e. The molecule has 19 heavy (non-hydrogen) atoms. The van der Waals surface area contributed by atoms with Crippen molar-refractivity contribution in [1.82, 2.24) is 4.90 Å². The van der Waals surface area contributed by atoms with Crippen molar-refractivity contribution in [3.63, 3.8) is 0 Å². The molecule has 1 aromatic carbocycles. The molecule has 1 amide bonds. The third kappa shape index (κ3) is 4.67. The van der Waals surface area contributed by atoms with Crippen LogP contribution in [0.2, 0.25) is 0 Å². The van der Waals surface area contributed by atoms with E-state index < -0.39 is 6.04 Å². The van der Waals surface area contributed by atoms with Gasteiger partial charge in [0.15, 0.2) is 0 Å². The summed E-state index contributed by atoms with van der Waals surface area (Å²) in [5, 5.41) is 0. The summed E-state index contributed by atoms with van der Waals surface area (Å²) in [6.07, 6.45) is 3.51. The van der Waals surface area contributed by atoms with E-state index in [0.29, 0.717) is 12.5 Å². The lowest BCUT2D eigenvalue weighted by Gasteiger charge is -2.28. The van der Waals surface area contributed by atoms with Crippen molar-refractivity contribution in [2.45, 2.75) is 51.6 Å². The third-order valence-corrected chi connectivity index (χ3v) is 3.74. The summed E-state index contributed by atoms with van der Waals surface area (Å²) in [5.41, 5.74) is 7.25. The second-order valence-electron chi connectivity index (χ2n) is 5.05. The first kappa shape index (κ1) is 15.7. The summed E-state index contributed by atoms with van der Waals surface area (Å²) in [5.74, 6) is 0.0598. The Morgan fingerprint density at radius 3 is 2.32 bits per heavy atom. The molecule has 1 atom stereocenters. The van der Waals surface area contributed by atoms with Crippen LogP contribution < -0.4 is 5.73 Å². The van der Waals surface area contributed by atoms with Gasteiger partial charge in [0.25, 0.3) is 0 Å². The van der Waals surface area contributed by atoms with Gasteiger partial charge in [-0.25, -0.2) is 0 Å². The molecule has 0 aromatic heterocycles. The Hall–Kier alpha value is -1.35. The summed E-state index contributed by atoms with van der Waals surface area (Å²) in [4.78, 5) is 14.0. The van der Waals surface area contributed by atoms with Gasteiger partial charge in [0, 0.05) is 13.1 Å². The molecule has 1 rings (SSSR count). The summed E-state index contributed by atoms with van der Waals surface area (Å²) < 4.78 is 0. The molecular formula is C16H26N2O. The summed E-state index contributed by atoms with van der Waals surface area (Å²) >= 11 is 0. The molecule has 0 saturated carbocycles. The number of nitrogens with two attached hydrogens (primary N) is 1. The van der Waals surface area contributed by atoms with Crippen LogP contribution in [-0.2, 0) is 11.2 Å². The van der Waals surface area contributed by atoms with Crippen LogP contribution >= 0.6 is 0 Å². The Morgan fingerprint density at radius 1 is 1.21 bits per heavy atom. The van der Waals surface area contributed by atoms with Gasteiger partial charge in [-0.1, -0.05) is 44.2 Å². The number of rotatable bonds is 7. The third-order valence-electron chi connectivity index (χ3n) is 3.74. The van der Waals surface area contributed by atoms with Crippen molar-refractivity contribution in [2.75, 3.05) is 7.05 Å². The number of hydrogen-bond acceptors (Lipinski definition) is 2. The zero-order chi connectivity index (χ0) is 14.3. The van der Waals surface area contributed by atoms with Crippen molar-refractivity contribution in [1.29, 1.82) is 0 Å². The van der Waals surface area contributed by atoms with E-state index in [0.717, 1.165) is 19.3 Å². The standard InChI is InChI=1S/C16H26N2O/c1-4-14(5-2)18(3)16(19)15(17)12-11-13-9-7-6-8-10-13/h6-10,14-15H,4-5,11-12,17H2,1-3H3. The quantitative estimate of drug-likeness (QED) is 0.821. The minimum Gasteiger partial charge on any atom is -0.341 e. The van der Waals surface area contributed by atoms with Gasteiger partial charge in [-0.15, -0.1) is 0 Å². The smallest absolute Gasteiger partial charge is 0.239 e. The zero-order valence-corrected chi connectivity index (χ0v) is 12.3. The van der Waals surface area contributed by atoms with Crippen LogP contribution in [0.1, 0.15) is 38.7 Å². The fraction of sp³-hybridized carbons (Fsp3) is 0.562. The second kappa shape index (κ2) is 7.95. The van der Waals surface area contributed by atoms with Gasteiger partial charge in [-0.3, -0.25) is 4.79 Å². The highest BCUT2D eigenvalue weighted by atomic mass is 16.2. The summed E-state index contributed by atoms with van der Waals surface area (Å²) in [7, 11) is 1.86. The van der Waals surface area contributed by atoms with Crippen LogP contribution in [0.3, 0.4) is 0 Å². The van der Waals surface area contributed by atoms with Crippen LogP contribution in [0, 0.1) is 0 Å². The fourth-order valence-electron chi connectivity index (χ4n) is 2.37. The zero-order valence-electron chi connectivity index (χ0n) is 12.3. The topological polar surface area (TPSA) is 46.3 Å². The average Bonchev–Trinajstić information content (AvgIpc) is 2.46. The van der Waals surface area contributed by atoms with Gasteiger partial charge in [0.1, 0.15) is 0 Å². The van der Waals surface area contributed by atoms with Crippen molar-refractivity contribution >= 4 is 5.91 Å². The fourth-order valence-corrected chi connectivity index (χ4v) is 2.37. The molecule has 0 saturated heterocycles. The predicted octanol–water partition coefficient (Wildman–Crippen LogP) is 2.59. The number of benzene rings is 1. The first-order chi connectivity index (χ1) is 9.10. The number of likely N-dealkylation sites (N-methyl/N-ethyl adjacent to an activating group) is 1. The number of nitrogens with zero attached hydrogens (tertiary/aromatic N) is 1. The lowest BCUT2D eigenvalue weighted by molar-refractivity contribution is -0.133. The van der Waals surface area contributed by atoms with E-state index in [9.17, 15) is 4.79 Å². The monoisotopic (exact) mass is 262 g/mol. The molecule has 106 valence electrons. The highest BCUT2D eigenvalue weighted by Gasteiger charge is 2.22. The van der Waals surface area contributed by atoms with Crippen molar-refractivity contribution < 1.29 is 4.79 Å². The Kier molecular flexibility index (Phi) is 6.57. The SMILES string of the molecule is CCC(CC)N(C)C(=O)C(N)CCc1ccccc1. The van der Waals surface area contributed by atoms with Gasteiger partial charge in [0.2, 0.25) is 5.91 Å². The Labute approximate surface area is 116 Å². The maximum Gasteiger partial charge on any atom is 0.239 e. The van der Waals surface area contributed by atoms with Gasteiger partial charge in [-0.05, 0) is 31.2 Å². The van der Waals surface area contributed by atoms with Crippen LogP contribution in [0.4, 0.5) is 0 Å². The van der Waals surface area contributed by atoms with E-state index in [1.54, 1.807) is 0 Å². The van der Waals surface area contributed by atoms with E-state index in [1.807, 2.05) is 30.1 Å². The van der Waals surface area contributed by atoms with Crippen LogP contribution in [-0.4, -0.2) is 29.9 Å². The molecule has 2 N–H and O–H groups in total. The lowest BCUT2D eigenvalue weighted by atomic mass is 10.0. The van der Waals surface area contributed by atoms with E-state index in [1.165, 1.54) is 5.56 Å². The first-order valence-electron chi connectivity index (χ1n) is 7.16. The molecule has 3 heteroatoms. The molecule has 0 radical (unpaired) electrons. The maximum absolute atomic E-state index is 12.2. The van der Waals surface area contributed by atoms with Crippen molar-refractivity contribution in [3.05, 3.63) is 35.9 Å². The molecule has 0 bridgehead atoms. The molecular weight excluding hydrogens is 236 g/mol. The molecule has 1 unspecified atom stereocenters. The van der Waals surface area contributed by atoms with Gasteiger partial charge in [-0.2, -0.15) is 0 Å². The number of carbonyl (C=O) groups excluding carboxylic acids is 1. The molecule has 1 aromatic rings. The number of amides is 1. The van der Waals surface area contributed by atoms with E-state index in [-0.39, 0.29) is 5.91 Å². The van der Waals surface area contributed by atoms with Crippen LogP contribution in [0.5, 0.6) is 0 Å². The summed E-state index contributed by atoms with van der Waals surface area (Å²) in [6, 6.07) is 10.1. The Balaban J connectivity index is 2.48. The Bertz CT molecular complexity index is 374. The maximum atomic E-state index is 12.2. The predicted molar refractivity (Wildman–Crippen MR) is 79.9 cm³/mol. The molecule has 0 aliphatic heterocycles. The number of hydrogen-bond donors (Lipinski definition) is 1. The number of carbonyl (C=O) groups is 1. The summed E-state index contributed by atoms with van der Waals surface area (Å²) in [6.45, 7) is 4.21. The minimum absolute atomic E-state index is 0.0598. The van der Waals surface area contributed by atoms with E-state index in [4.69, 9.17) is 5.73 Å². The molecule has 0 fully saturated rings. The average molecular weight is 262 g/mol.